The largest absolute Gasteiger partial charge is 0.326 e. The Bertz CT molecular complexity index is 537. The maximum atomic E-state index is 11.8. The highest BCUT2D eigenvalue weighted by atomic mass is 16.6. The van der Waals surface area contributed by atoms with Crippen molar-refractivity contribution < 1.29 is 9.72 Å². The first-order valence-electron chi connectivity index (χ1n) is 5.32. The molecule has 0 bridgehead atoms. The van der Waals surface area contributed by atoms with E-state index in [1.54, 1.807) is 18.3 Å². The van der Waals surface area contributed by atoms with Crippen molar-refractivity contribution in [2.75, 3.05) is 11.9 Å². The van der Waals surface area contributed by atoms with Crippen LogP contribution in [0.2, 0.25) is 0 Å². The van der Waals surface area contributed by atoms with Crippen LogP contribution in [0.1, 0.15) is 0 Å². The molecule has 1 aliphatic rings. The molecule has 0 atom stereocenters. The average molecular weight is 245 g/mol. The zero-order valence-electron chi connectivity index (χ0n) is 9.45. The summed E-state index contributed by atoms with van der Waals surface area (Å²) < 4.78 is 0. The number of anilines is 1. The topological polar surface area (TPSA) is 75.5 Å². The van der Waals surface area contributed by atoms with E-state index in [0.29, 0.717) is 12.2 Å². The first-order chi connectivity index (χ1) is 8.66. The van der Waals surface area contributed by atoms with Gasteiger partial charge in [-0.1, -0.05) is 18.2 Å². The summed E-state index contributed by atoms with van der Waals surface area (Å²) in [6.45, 7) is 0.483. The van der Waals surface area contributed by atoms with E-state index in [1.807, 2.05) is 12.2 Å². The minimum atomic E-state index is -0.501. The molecule has 0 saturated carbocycles. The monoisotopic (exact) mass is 245 g/mol. The summed E-state index contributed by atoms with van der Waals surface area (Å²) in [7, 11) is 0. The molecule has 1 aliphatic heterocycles. The van der Waals surface area contributed by atoms with E-state index in [4.69, 9.17) is 0 Å². The number of allylic oxidation sites excluding steroid dienone is 2. The Kier molecular flexibility index (Phi) is 3.38. The number of hydrogen-bond donors (Lipinski definition) is 1. The highest BCUT2D eigenvalue weighted by Gasteiger charge is 2.12. The van der Waals surface area contributed by atoms with Crippen molar-refractivity contribution in [2.45, 2.75) is 0 Å². The van der Waals surface area contributed by atoms with E-state index in [9.17, 15) is 14.9 Å². The lowest BCUT2D eigenvalue weighted by molar-refractivity contribution is -0.384. The number of benzene rings is 1. The van der Waals surface area contributed by atoms with Gasteiger partial charge in [0.1, 0.15) is 0 Å². The van der Waals surface area contributed by atoms with Gasteiger partial charge in [0.25, 0.3) is 5.69 Å². The lowest BCUT2D eigenvalue weighted by atomic mass is 10.3. The van der Waals surface area contributed by atoms with Crippen molar-refractivity contribution in [3.63, 3.8) is 0 Å². The number of amides is 2. The summed E-state index contributed by atoms with van der Waals surface area (Å²) in [5.74, 6) is 0. The zero-order chi connectivity index (χ0) is 13.0. The molecule has 2 rings (SSSR count). The van der Waals surface area contributed by atoms with Gasteiger partial charge >= 0.3 is 6.03 Å². The number of nitro groups is 1. The van der Waals surface area contributed by atoms with Crippen LogP contribution in [0.25, 0.3) is 0 Å². The lowest BCUT2D eigenvalue weighted by Gasteiger charge is -2.18. The Labute approximate surface area is 103 Å². The van der Waals surface area contributed by atoms with Crippen molar-refractivity contribution in [2.24, 2.45) is 0 Å². The van der Waals surface area contributed by atoms with Gasteiger partial charge in [0.15, 0.2) is 0 Å². The summed E-state index contributed by atoms with van der Waals surface area (Å²) >= 11 is 0. The summed E-state index contributed by atoms with van der Waals surface area (Å²) in [5, 5.41) is 13.2. The molecule has 1 aromatic rings. The fourth-order valence-electron chi connectivity index (χ4n) is 1.51. The van der Waals surface area contributed by atoms with E-state index in [2.05, 4.69) is 5.32 Å². The number of hydrogen-bond acceptors (Lipinski definition) is 3. The molecule has 2 amide bonds. The van der Waals surface area contributed by atoms with Gasteiger partial charge in [-0.05, 0) is 12.1 Å². The first kappa shape index (κ1) is 11.8. The second kappa shape index (κ2) is 5.13. The van der Waals surface area contributed by atoms with Crippen molar-refractivity contribution in [3.8, 4) is 0 Å². The van der Waals surface area contributed by atoms with Crippen molar-refractivity contribution in [1.29, 1.82) is 0 Å². The number of nitrogens with one attached hydrogen (secondary N) is 1. The van der Waals surface area contributed by atoms with Crippen molar-refractivity contribution in [1.82, 2.24) is 4.90 Å². The molecule has 0 aromatic heterocycles. The molecule has 0 saturated heterocycles. The third kappa shape index (κ3) is 2.73. The van der Waals surface area contributed by atoms with Crippen molar-refractivity contribution >= 4 is 17.4 Å². The maximum absolute atomic E-state index is 11.8. The van der Waals surface area contributed by atoms with Gasteiger partial charge < -0.3 is 5.32 Å². The highest BCUT2D eigenvalue weighted by Crippen LogP contribution is 2.17. The summed E-state index contributed by atoms with van der Waals surface area (Å²) in [5.41, 5.74) is 0.346. The van der Waals surface area contributed by atoms with Crippen LogP contribution in [0.15, 0.2) is 48.7 Å². The van der Waals surface area contributed by atoms with Crippen LogP contribution >= 0.6 is 0 Å². The minimum absolute atomic E-state index is 0.0538. The van der Waals surface area contributed by atoms with Gasteiger partial charge in [-0.2, -0.15) is 0 Å². The number of carbonyl (C=O) groups excluding carboxylic acids is 1. The molecule has 1 heterocycles. The quantitative estimate of drug-likeness (QED) is 0.642. The second-order valence-corrected chi connectivity index (χ2v) is 3.66. The number of urea groups is 1. The third-order valence-corrected chi connectivity index (χ3v) is 2.38. The van der Waals surface area contributed by atoms with Crippen molar-refractivity contribution in [3.05, 3.63) is 58.8 Å². The predicted octanol–water partition coefficient (Wildman–Crippen LogP) is 2.51. The number of carbonyl (C=O) groups is 1. The van der Waals surface area contributed by atoms with Gasteiger partial charge in [-0.25, -0.2) is 4.79 Å². The molecular weight excluding hydrogens is 234 g/mol. The average Bonchev–Trinajstić information content (AvgIpc) is 2.40. The molecule has 18 heavy (non-hydrogen) atoms. The maximum Gasteiger partial charge on any atom is 0.326 e. The molecule has 0 fully saturated rings. The zero-order valence-corrected chi connectivity index (χ0v) is 9.45. The van der Waals surface area contributed by atoms with Crippen LogP contribution in [0.4, 0.5) is 16.2 Å². The molecule has 0 unspecified atom stereocenters. The Morgan fingerprint density at radius 1 is 1.39 bits per heavy atom. The standard InChI is InChI=1S/C12H11N3O3/c16-12(14-7-2-1-3-8-14)13-10-5-4-6-11(9-10)15(17)18/h1-7,9H,8H2,(H,13,16). The van der Waals surface area contributed by atoms with Crippen LogP contribution in [-0.2, 0) is 0 Å². The highest BCUT2D eigenvalue weighted by molar-refractivity contribution is 5.90. The fourth-order valence-corrected chi connectivity index (χ4v) is 1.51. The van der Waals surface area contributed by atoms with Gasteiger partial charge in [0.05, 0.1) is 4.92 Å². The first-order valence-corrected chi connectivity index (χ1v) is 5.32. The number of rotatable bonds is 2. The smallest absolute Gasteiger partial charge is 0.307 e. The normalized spacial score (nSPS) is 13.4. The predicted molar refractivity (Wildman–Crippen MR) is 67.1 cm³/mol. The number of nitro benzene ring substituents is 1. The molecule has 0 spiro atoms. The van der Waals surface area contributed by atoms with Gasteiger partial charge in [-0.3, -0.25) is 15.0 Å². The summed E-state index contributed by atoms with van der Waals surface area (Å²) in [4.78, 5) is 23.4. The Hall–Kier alpha value is -2.63. The third-order valence-electron chi connectivity index (χ3n) is 2.38. The minimum Gasteiger partial charge on any atom is -0.307 e. The van der Waals surface area contributed by atoms with Gasteiger partial charge in [0.2, 0.25) is 0 Å². The van der Waals surface area contributed by atoms with Crippen LogP contribution in [0.5, 0.6) is 0 Å². The van der Waals surface area contributed by atoms with Crippen LogP contribution in [0, 0.1) is 10.1 Å². The van der Waals surface area contributed by atoms with Crippen LogP contribution in [0.3, 0.4) is 0 Å². The van der Waals surface area contributed by atoms with E-state index < -0.39 is 4.92 Å². The molecule has 0 radical (unpaired) electrons. The molecule has 1 N–H and O–H groups in total. The Balaban J connectivity index is 2.07. The lowest BCUT2D eigenvalue weighted by Crippen LogP contribution is -2.31. The molecule has 6 nitrogen and oxygen atoms in total. The number of nitrogens with zero attached hydrogens (tertiary/aromatic N) is 2. The van der Waals surface area contributed by atoms with E-state index in [1.165, 1.54) is 23.1 Å². The summed E-state index contributed by atoms with van der Waals surface area (Å²) in [6, 6.07) is 5.51. The van der Waals surface area contributed by atoms with E-state index >= 15 is 0 Å². The summed E-state index contributed by atoms with van der Waals surface area (Å²) in [6.07, 6.45) is 7.08. The van der Waals surface area contributed by atoms with Gasteiger partial charge in [0, 0.05) is 30.6 Å². The fraction of sp³-hybridized carbons (Fsp3) is 0.0833. The molecular formula is C12H11N3O3. The molecule has 6 heteroatoms. The Morgan fingerprint density at radius 2 is 2.22 bits per heavy atom. The SMILES string of the molecule is O=C(Nc1cccc([N+](=O)[O-])c1)N1C=CC=CC1. The van der Waals surface area contributed by atoms with Gasteiger partial charge in [-0.15, -0.1) is 0 Å². The molecule has 0 aliphatic carbocycles. The van der Waals surface area contributed by atoms with E-state index in [0.717, 1.165) is 0 Å². The van der Waals surface area contributed by atoms with Crippen LogP contribution < -0.4 is 5.32 Å². The molecule has 92 valence electrons. The second-order valence-electron chi connectivity index (χ2n) is 3.66. The number of non-ortho nitro benzene ring substituents is 1. The molecule has 1 aromatic carbocycles. The Morgan fingerprint density at radius 3 is 2.89 bits per heavy atom. The van der Waals surface area contributed by atoms with Crippen LogP contribution in [-0.4, -0.2) is 22.4 Å². The van der Waals surface area contributed by atoms with E-state index in [-0.39, 0.29) is 11.7 Å².